The quantitative estimate of drug-likeness (QED) is 0.295. The van der Waals surface area contributed by atoms with Gasteiger partial charge in [-0.3, -0.25) is 4.98 Å². The van der Waals surface area contributed by atoms with Crippen LogP contribution in [0.4, 0.5) is 5.69 Å². The van der Waals surface area contributed by atoms with E-state index in [2.05, 4.69) is 83.2 Å². The van der Waals surface area contributed by atoms with Gasteiger partial charge in [0.05, 0.1) is 23.9 Å². The Morgan fingerprint density at radius 1 is 0.972 bits per heavy atom. The standard InChI is InChI=1S/C30H32N4OS/c1-20(2)35-25-15-13-24(14-16-25)34-29(28(32-30(34)36)27-12-8-9-17-31-27)26-18-21(3)33(22(26)4)19-23-10-6-5-7-11-23/h5-18,20,28-29H,19H2,1-4H3,(H,32,36)/t28-,29-/m0/s1. The lowest BCUT2D eigenvalue weighted by molar-refractivity contribution is 0.242. The number of benzene rings is 2. The molecule has 36 heavy (non-hydrogen) atoms. The second-order valence-electron chi connectivity index (χ2n) is 9.56. The van der Waals surface area contributed by atoms with Gasteiger partial charge in [0.2, 0.25) is 0 Å². The lowest BCUT2D eigenvalue weighted by atomic mass is 9.96. The smallest absolute Gasteiger partial charge is 0.174 e. The van der Waals surface area contributed by atoms with Crippen LogP contribution in [0.1, 0.15) is 54.1 Å². The van der Waals surface area contributed by atoms with E-state index in [1.807, 2.05) is 44.3 Å². The topological polar surface area (TPSA) is 42.3 Å². The summed E-state index contributed by atoms with van der Waals surface area (Å²) in [5.74, 6) is 0.852. The van der Waals surface area contributed by atoms with Gasteiger partial charge in [-0.15, -0.1) is 0 Å². The van der Waals surface area contributed by atoms with E-state index in [0.29, 0.717) is 5.11 Å². The highest BCUT2D eigenvalue weighted by Crippen LogP contribution is 2.43. The van der Waals surface area contributed by atoms with Crippen molar-refractivity contribution in [2.45, 2.75) is 52.4 Å². The van der Waals surface area contributed by atoms with E-state index in [1.54, 1.807) is 0 Å². The zero-order valence-corrected chi connectivity index (χ0v) is 22.0. The highest BCUT2D eigenvalue weighted by molar-refractivity contribution is 7.80. The summed E-state index contributed by atoms with van der Waals surface area (Å²) in [5.41, 5.74) is 6.99. The van der Waals surface area contributed by atoms with Gasteiger partial charge >= 0.3 is 0 Å². The molecule has 184 valence electrons. The zero-order chi connectivity index (χ0) is 25.2. The molecule has 1 aliphatic rings. The second kappa shape index (κ2) is 10.2. The normalized spacial score (nSPS) is 17.5. The molecule has 3 heterocycles. The van der Waals surface area contributed by atoms with Crippen LogP contribution in [0, 0.1) is 13.8 Å². The van der Waals surface area contributed by atoms with E-state index in [1.165, 1.54) is 22.5 Å². The molecule has 1 N–H and O–H groups in total. The number of pyridine rings is 1. The van der Waals surface area contributed by atoms with Gasteiger partial charge in [-0.05, 0) is 93.5 Å². The summed E-state index contributed by atoms with van der Waals surface area (Å²) in [6.07, 6.45) is 1.97. The fourth-order valence-corrected chi connectivity index (χ4v) is 5.39. The Hall–Kier alpha value is -3.64. The molecular formula is C30H32N4OS. The first kappa shape index (κ1) is 24.1. The molecule has 4 aromatic rings. The Bertz CT molecular complexity index is 1330. The van der Waals surface area contributed by atoms with Gasteiger partial charge in [-0.25, -0.2) is 0 Å². The molecule has 0 saturated carbocycles. The maximum absolute atomic E-state index is 5.92. The van der Waals surface area contributed by atoms with Gasteiger partial charge in [0, 0.05) is 29.8 Å². The Morgan fingerprint density at radius 3 is 2.36 bits per heavy atom. The van der Waals surface area contributed by atoms with Crippen molar-refractivity contribution in [2.75, 3.05) is 4.90 Å². The number of aromatic nitrogens is 2. The number of anilines is 1. The minimum absolute atomic E-state index is 0.0417. The lowest BCUT2D eigenvalue weighted by Gasteiger charge is -2.28. The van der Waals surface area contributed by atoms with Crippen LogP contribution >= 0.6 is 12.2 Å². The molecule has 0 radical (unpaired) electrons. The van der Waals surface area contributed by atoms with Gasteiger partial charge in [0.25, 0.3) is 0 Å². The number of nitrogens with one attached hydrogen (secondary N) is 1. The van der Waals surface area contributed by atoms with Crippen LogP contribution in [-0.2, 0) is 6.54 Å². The third-order valence-corrected chi connectivity index (χ3v) is 7.01. The van der Waals surface area contributed by atoms with Crippen molar-refractivity contribution in [3.8, 4) is 5.75 Å². The molecule has 0 amide bonds. The maximum Gasteiger partial charge on any atom is 0.174 e. The molecule has 5 rings (SSSR count). The highest BCUT2D eigenvalue weighted by Gasteiger charge is 2.42. The van der Waals surface area contributed by atoms with Crippen LogP contribution in [0.15, 0.2) is 85.1 Å². The molecule has 1 fully saturated rings. The maximum atomic E-state index is 5.92. The van der Waals surface area contributed by atoms with Crippen molar-refractivity contribution >= 4 is 23.0 Å². The summed E-state index contributed by atoms with van der Waals surface area (Å²) in [6, 6.07) is 27.0. The minimum atomic E-state index is -0.0732. The van der Waals surface area contributed by atoms with E-state index in [0.717, 1.165) is 23.7 Å². The lowest BCUT2D eigenvalue weighted by Crippen LogP contribution is -2.29. The number of hydrogen-bond donors (Lipinski definition) is 1. The summed E-state index contributed by atoms with van der Waals surface area (Å²) < 4.78 is 8.26. The molecule has 2 aromatic heterocycles. The largest absolute Gasteiger partial charge is 0.491 e. The van der Waals surface area contributed by atoms with E-state index in [4.69, 9.17) is 21.9 Å². The Balaban J connectivity index is 1.57. The number of thiocarbonyl (C=S) groups is 1. The van der Waals surface area contributed by atoms with E-state index in [9.17, 15) is 0 Å². The summed E-state index contributed by atoms with van der Waals surface area (Å²) >= 11 is 5.92. The second-order valence-corrected chi connectivity index (χ2v) is 9.94. The molecule has 1 aliphatic heterocycles. The highest BCUT2D eigenvalue weighted by atomic mass is 32.1. The van der Waals surface area contributed by atoms with Crippen LogP contribution in [0.2, 0.25) is 0 Å². The van der Waals surface area contributed by atoms with Crippen LogP contribution in [0.5, 0.6) is 5.75 Å². The minimum Gasteiger partial charge on any atom is -0.491 e. The monoisotopic (exact) mass is 496 g/mol. The van der Waals surface area contributed by atoms with Gasteiger partial charge in [-0.1, -0.05) is 36.4 Å². The number of aryl methyl sites for hydroxylation is 1. The van der Waals surface area contributed by atoms with Gasteiger partial charge in [0.1, 0.15) is 5.75 Å². The molecule has 0 spiro atoms. The predicted molar refractivity (Wildman–Crippen MR) is 150 cm³/mol. The average molecular weight is 497 g/mol. The number of hydrogen-bond acceptors (Lipinski definition) is 3. The molecule has 2 atom stereocenters. The number of ether oxygens (including phenoxy) is 1. The summed E-state index contributed by atoms with van der Waals surface area (Å²) in [5, 5.41) is 4.27. The molecule has 0 unspecified atom stereocenters. The number of nitrogens with zero attached hydrogens (tertiary/aromatic N) is 3. The van der Waals surface area contributed by atoms with Crippen molar-refractivity contribution in [3.05, 3.63) is 113 Å². The van der Waals surface area contributed by atoms with Gasteiger partial charge in [-0.2, -0.15) is 0 Å². The first-order valence-corrected chi connectivity index (χ1v) is 12.8. The summed E-state index contributed by atoms with van der Waals surface area (Å²) in [6.45, 7) is 9.29. The number of rotatable bonds is 7. The Kier molecular flexibility index (Phi) is 6.79. The SMILES string of the molecule is Cc1cc([C@H]2[C@H](c3ccccn3)NC(=S)N2c2ccc(OC(C)C)cc2)c(C)n1Cc1ccccc1. The molecule has 1 saturated heterocycles. The van der Waals surface area contributed by atoms with Crippen molar-refractivity contribution in [2.24, 2.45) is 0 Å². The van der Waals surface area contributed by atoms with E-state index in [-0.39, 0.29) is 18.2 Å². The molecule has 5 nitrogen and oxygen atoms in total. The van der Waals surface area contributed by atoms with Crippen molar-refractivity contribution in [3.63, 3.8) is 0 Å². The molecule has 0 bridgehead atoms. The Morgan fingerprint density at radius 2 is 1.69 bits per heavy atom. The molecule has 0 aliphatic carbocycles. The Labute approximate surface area is 218 Å². The predicted octanol–water partition coefficient (Wildman–Crippen LogP) is 6.51. The third-order valence-electron chi connectivity index (χ3n) is 6.70. The first-order chi connectivity index (χ1) is 17.4. The van der Waals surface area contributed by atoms with Crippen LogP contribution in [0.25, 0.3) is 0 Å². The van der Waals surface area contributed by atoms with Crippen LogP contribution in [-0.4, -0.2) is 20.8 Å². The van der Waals surface area contributed by atoms with Crippen molar-refractivity contribution in [1.82, 2.24) is 14.9 Å². The fraction of sp³-hybridized carbons (Fsp3) is 0.267. The summed E-state index contributed by atoms with van der Waals surface area (Å²) in [7, 11) is 0. The summed E-state index contributed by atoms with van der Waals surface area (Å²) in [4.78, 5) is 6.92. The van der Waals surface area contributed by atoms with Crippen LogP contribution in [0.3, 0.4) is 0 Å². The molecule has 6 heteroatoms. The zero-order valence-electron chi connectivity index (χ0n) is 21.2. The fourth-order valence-electron chi connectivity index (χ4n) is 5.04. The van der Waals surface area contributed by atoms with E-state index < -0.39 is 0 Å². The van der Waals surface area contributed by atoms with Crippen molar-refractivity contribution in [1.29, 1.82) is 0 Å². The first-order valence-electron chi connectivity index (χ1n) is 12.4. The van der Waals surface area contributed by atoms with Gasteiger partial charge < -0.3 is 19.5 Å². The van der Waals surface area contributed by atoms with Crippen molar-refractivity contribution < 1.29 is 4.74 Å². The van der Waals surface area contributed by atoms with Crippen LogP contribution < -0.4 is 15.0 Å². The van der Waals surface area contributed by atoms with E-state index >= 15 is 0 Å². The average Bonchev–Trinajstić information content (AvgIpc) is 3.36. The molecular weight excluding hydrogens is 464 g/mol. The third kappa shape index (κ3) is 4.73. The molecule has 2 aromatic carbocycles. The van der Waals surface area contributed by atoms with Gasteiger partial charge in [0.15, 0.2) is 5.11 Å².